The minimum Gasteiger partial charge on any atom is -0.508 e. The summed E-state index contributed by atoms with van der Waals surface area (Å²) in [6.07, 6.45) is 0. The van der Waals surface area contributed by atoms with Gasteiger partial charge in [0.1, 0.15) is 5.75 Å². The fourth-order valence-corrected chi connectivity index (χ4v) is 4.20. The van der Waals surface area contributed by atoms with Crippen LogP contribution in [0.3, 0.4) is 0 Å². The Morgan fingerprint density at radius 2 is 1.79 bits per heavy atom. The third-order valence-corrected chi connectivity index (χ3v) is 5.73. The van der Waals surface area contributed by atoms with Crippen molar-refractivity contribution in [2.45, 2.75) is 9.79 Å². The Balaban J connectivity index is 1.56. The zero-order valence-corrected chi connectivity index (χ0v) is 16.0. The number of carbonyl (C=O) groups is 2. The summed E-state index contributed by atoms with van der Waals surface area (Å²) >= 11 is 1.54. The number of phenols is 1. The molecular formula is C22H18N2O3S. The van der Waals surface area contributed by atoms with E-state index < -0.39 is 0 Å². The third-order valence-electron chi connectivity index (χ3n) is 4.61. The highest BCUT2D eigenvalue weighted by Gasteiger charge is 2.24. The summed E-state index contributed by atoms with van der Waals surface area (Å²) in [5, 5.41) is 12.5. The number of hydrogen-bond donors (Lipinski definition) is 2. The number of amides is 1. The second-order valence-electron chi connectivity index (χ2n) is 6.47. The molecule has 0 atom stereocenters. The summed E-state index contributed by atoms with van der Waals surface area (Å²) in [6, 6.07) is 19.5. The van der Waals surface area contributed by atoms with Crippen molar-refractivity contribution in [2.24, 2.45) is 0 Å². The molecule has 0 bridgehead atoms. The van der Waals surface area contributed by atoms with E-state index in [4.69, 9.17) is 0 Å². The Morgan fingerprint density at radius 1 is 1.04 bits per heavy atom. The summed E-state index contributed by atoms with van der Waals surface area (Å²) < 4.78 is 0. The average Bonchev–Trinajstić information content (AvgIpc) is 2.81. The van der Waals surface area contributed by atoms with E-state index >= 15 is 0 Å². The topological polar surface area (TPSA) is 69.6 Å². The van der Waals surface area contributed by atoms with Crippen molar-refractivity contribution in [3.63, 3.8) is 0 Å². The highest BCUT2D eigenvalue weighted by molar-refractivity contribution is 7.99. The normalized spacial score (nSPS) is 12.8. The maximum atomic E-state index is 12.7. The number of hydrogen-bond acceptors (Lipinski definition) is 5. The van der Waals surface area contributed by atoms with Crippen molar-refractivity contribution >= 4 is 34.8 Å². The number of anilines is 2. The lowest BCUT2D eigenvalue weighted by Crippen LogP contribution is -2.26. The van der Waals surface area contributed by atoms with Crippen molar-refractivity contribution in [3.05, 3.63) is 77.9 Å². The third kappa shape index (κ3) is 3.46. The Morgan fingerprint density at radius 3 is 2.57 bits per heavy atom. The van der Waals surface area contributed by atoms with Gasteiger partial charge in [0.25, 0.3) is 5.91 Å². The van der Waals surface area contributed by atoms with Gasteiger partial charge >= 0.3 is 0 Å². The zero-order chi connectivity index (χ0) is 19.7. The second kappa shape index (κ2) is 7.40. The smallest absolute Gasteiger partial charge is 0.259 e. The van der Waals surface area contributed by atoms with E-state index in [1.165, 1.54) is 12.1 Å². The van der Waals surface area contributed by atoms with Gasteiger partial charge in [-0.2, -0.15) is 0 Å². The van der Waals surface area contributed by atoms with Gasteiger partial charge in [0.2, 0.25) is 0 Å². The molecule has 4 rings (SSSR count). The maximum Gasteiger partial charge on any atom is 0.259 e. The molecule has 0 fully saturated rings. The highest BCUT2D eigenvalue weighted by Crippen LogP contribution is 2.41. The van der Waals surface area contributed by atoms with Crippen LogP contribution in [-0.2, 0) is 0 Å². The molecule has 0 saturated carbocycles. The molecule has 0 unspecified atom stereocenters. The van der Waals surface area contributed by atoms with Crippen LogP contribution >= 0.6 is 11.8 Å². The lowest BCUT2D eigenvalue weighted by Gasteiger charge is -2.18. The molecule has 0 aromatic heterocycles. The lowest BCUT2D eigenvalue weighted by molar-refractivity contribution is 0.0987. The standard InChI is InChI=1S/C22H18N2O3S/c1-24-18-11-8-15(23-13-19(26)14-6-9-16(25)10-7-14)12-21(18)28-20-5-3-2-4-17(20)22(24)27/h2-12,23,25H,13H2,1H3. The fraction of sp³-hybridized carbons (Fsp3) is 0.0909. The van der Waals surface area contributed by atoms with Crippen LogP contribution in [0.2, 0.25) is 0 Å². The zero-order valence-electron chi connectivity index (χ0n) is 15.2. The summed E-state index contributed by atoms with van der Waals surface area (Å²) in [6.45, 7) is 0.138. The minimum atomic E-state index is -0.0692. The Hall–Kier alpha value is -3.25. The van der Waals surface area contributed by atoms with Gasteiger partial charge in [0.15, 0.2) is 5.78 Å². The van der Waals surface area contributed by atoms with Crippen LogP contribution in [0.25, 0.3) is 0 Å². The van der Waals surface area contributed by atoms with Crippen LogP contribution in [0.15, 0.2) is 76.5 Å². The predicted molar refractivity (Wildman–Crippen MR) is 111 cm³/mol. The molecule has 0 saturated heterocycles. The second-order valence-corrected chi connectivity index (χ2v) is 7.55. The van der Waals surface area contributed by atoms with Gasteiger partial charge in [-0.25, -0.2) is 0 Å². The first kappa shape index (κ1) is 18.1. The van der Waals surface area contributed by atoms with E-state index in [1.54, 1.807) is 35.8 Å². The minimum absolute atomic E-state index is 0.0370. The van der Waals surface area contributed by atoms with E-state index in [2.05, 4.69) is 5.32 Å². The predicted octanol–water partition coefficient (Wildman–Crippen LogP) is 4.43. The van der Waals surface area contributed by atoms with Crippen LogP contribution in [0, 0.1) is 0 Å². The molecule has 0 aliphatic carbocycles. The number of aromatic hydroxyl groups is 1. The van der Waals surface area contributed by atoms with Gasteiger partial charge in [-0.15, -0.1) is 0 Å². The van der Waals surface area contributed by atoms with Crippen molar-refractivity contribution in [1.82, 2.24) is 0 Å². The van der Waals surface area contributed by atoms with Gasteiger partial charge in [0, 0.05) is 28.1 Å². The van der Waals surface area contributed by atoms with E-state index in [9.17, 15) is 14.7 Å². The number of benzene rings is 3. The van der Waals surface area contributed by atoms with E-state index in [-0.39, 0.29) is 24.0 Å². The fourth-order valence-electron chi connectivity index (χ4n) is 3.06. The SMILES string of the molecule is CN1C(=O)c2ccccc2Sc2cc(NCC(=O)c3ccc(O)cc3)ccc21. The van der Waals surface area contributed by atoms with Gasteiger partial charge in [-0.1, -0.05) is 23.9 Å². The molecule has 1 amide bonds. The first-order valence-corrected chi connectivity index (χ1v) is 9.59. The Labute approximate surface area is 167 Å². The van der Waals surface area contributed by atoms with Crippen LogP contribution < -0.4 is 10.2 Å². The van der Waals surface area contributed by atoms with Gasteiger partial charge in [-0.05, 0) is 54.6 Å². The molecule has 1 heterocycles. The molecular weight excluding hydrogens is 372 g/mol. The van der Waals surface area contributed by atoms with Gasteiger partial charge in [0.05, 0.1) is 17.8 Å². The number of carbonyl (C=O) groups excluding carboxylic acids is 2. The van der Waals surface area contributed by atoms with Crippen LogP contribution in [0.1, 0.15) is 20.7 Å². The average molecular weight is 390 g/mol. The van der Waals surface area contributed by atoms with Gasteiger partial charge < -0.3 is 15.3 Å². The first-order chi connectivity index (χ1) is 13.5. The molecule has 28 heavy (non-hydrogen) atoms. The Bertz CT molecular complexity index is 1060. The van der Waals surface area contributed by atoms with E-state index in [1.807, 2.05) is 42.5 Å². The highest BCUT2D eigenvalue weighted by atomic mass is 32.2. The first-order valence-electron chi connectivity index (χ1n) is 8.78. The molecule has 2 N–H and O–H groups in total. The molecule has 3 aromatic carbocycles. The molecule has 6 heteroatoms. The molecule has 5 nitrogen and oxygen atoms in total. The molecule has 1 aliphatic heterocycles. The molecule has 0 radical (unpaired) electrons. The van der Waals surface area contributed by atoms with Crippen molar-refractivity contribution in [2.75, 3.05) is 23.8 Å². The molecule has 0 spiro atoms. The van der Waals surface area contributed by atoms with Crippen molar-refractivity contribution in [3.8, 4) is 5.75 Å². The molecule has 140 valence electrons. The molecule has 1 aliphatic rings. The summed E-state index contributed by atoms with van der Waals surface area (Å²) in [5.41, 5.74) is 2.86. The quantitative estimate of drug-likeness (QED) is 0.645. The molecule has 3 aromatic rings. The number of nitrogens with one attached hydrogen (secondary N) is 1. The number of Topliss-reactive ketones (excluding diaryl/α,β-unsaturated/α-hetero) is 1. The van der Waals surface area contributed by atoms with E-state index in [0.717, 1.165) is 21.2 Å². The largest absolute Gasteiger partial charge is 0.508 e. The lowest BCUT2D eigenvalue weighted by atomic mass is 10.1. The summed E-state index contributed by atoms with van der Waals surface area (Å²) in [4.78, 5) is 28.6. The number of phenolic OH excluding ortho intramolecular Hbond substituents is 1. The summed E-state index contributed by atoms with van der Waals surface area (Å²) in [5.74, 6) is 0.0246. The monoisotopic (exact) mass is 390 g/mol. The van der Waals surface area contributed by atoms with E-state index in [0.29, 0.717) is 11.1 Å². The number of rotatable bonds is 4. The maximum absolute atomic E-state index is 12.7. The number of fused-ring (bicyclic) bond motifs is 2. The van der Waals surface area contributed by atoms with Crippen LogP contribution in [0.5, 0.6) is 5.75 Å². The van der Waals surface area contributed by atoms with Crippen LogP contribution in [0.4, 0.5) is 11.4 Å². The number of nitrogens with zero attached hydrogens (tertiary/aromatic N) is 1. The summed E-state index contributed by atoms with van der Waals surface area (Å²) in [7, 11) is 1.77. The van der Waals surface area contributed by atoms with Gasteiger partial charge in [-0.3, -0.25) is 9.59 Å². The Kier molecular flexibility index (Phi) is 4.79. The number of ketones is 1. The van der Waals surface area contributed by atoms with Crippen molar-refractivity contribution < 1.29 is 14.7 Å². The van der Waals surface area contributed by atoms with Crippen LogP contribution in [-0.4, -0.2) is 30.4 Å². The van der Waals surface area contributed by atoms with Crippen molar-refractivity contribution in [1.29, 1.82) is 0 Å².